The number of hydrogen-bond acceptors (Lipinski definition) is 2. The topological polar surface area (TPSA) is 38.3 Å². The minimum absolute atomic E-state index is 0.465. The second-order valence-corrected chi connectivity index (χ2v) is 4.25. The van der Waals surface area contributed by atoms with Crippen LogP contribution in [0.2, 0.25) is 0 Å². The van der Waals surface area contributed by atoms with Gasteiger partial charge in [-0.2, -0.15) is 0 Å². The lowest BCUT2D eigenvalue weighted by Gasteiger charge is -2.19. The summed E-state index contributed by atoms with van der Waals surface area (Å²) in [7, 11) is 5.52. The van der Waals surface area contributed by atoms with Crippen molar-refractivity contribution in [2.45, 2.75) is 26.4 Å². The predicted molar refractivity (Wildman–Crippen MR) is 61.7 cm³/mol. The molecule has 4 heteroatoms. The highest BCUT2D eigenvalue weighted by molar-refractivity contribution is 6.32. The number of carbonyl (C=O) groups is 1. The third-order valence-electron chi connectivity index (χ3n) is 1.56. The first kappa shape index (κ1) is 11.6. The molecule has 15 heavy (non-hydrogen) atoms. The molecule has 0 unspecified atom stereocenters. The highest BCUT2D eigenvalue weighted by atomic mass is 16.6. The van der Waals surface area contributed by atoms with Gasteiger partial charge in [-0.3, -0.25) is 5.32 Å². The van der Waals surface area contributed by atoms with Gasteiger partial charge in [0.05, 0.1) is 0 Å². The maximum atomic E-state index is 11.3. The summed E-state index contributed by atoms with van der Waals surface area (Å²) >= 11 is 0. The van der Waals surface area contributed by atoms with Crippen LogP contribution in [0.3, 0.4) is 0 Å². The van der Waals surface area contributed by atoms with Crippen molar-refractivity contribution >= 4 is 25.1 Å². The summed E-state index contributed by atoms with van der Waals surface area (Å²) in [5, 5.41) is 2.61. The van der Waals surface area contributed by atoms with Gasteiger partial charge in [0.1, 0.15) is 13.4 Å². The molecule has 1 aromatic rings. The van der Waals surface area contributed by atoms with Gasteiger partial charge in [0.15, 0.2) is 0 Å². The van der Waals surface area contributed by atoms with Crippen LogP contribution >= 0.6 is 0 Å². The molecule has 1 amide bonds. The molecule has 78 valence electrons. The van der Waals surface area contributed by atoms with Crippen LogP contribution in [-0.4, -0.2) is 19.5 Å². The highest BCUT2D eigenvalue weighted by Crippen LogP contribution is 2.10. The molecule has 0 saturated carbocycles. The van der Waals surface area contributed by atoms with E-state index in [0.717, 1.165) is 0 Å². The number of benzene rings is 1. The molecule has 0 aliphatic rings. The van der Waals surface area contributed by atoms with E-state index in [1.54, 1.807) is 24.3 Å². The smallest absolute Gasteiger partial charge is 0.412 e. The molecule has 0 bridgehead atoms. The Morgan fingerprint density at radius 2 is 1.80 bits per heavy atom. The zero-order chi connectivity index (χ0) is 11.5. The van der Waals surface area contributed by atoms with E-state index in [1.165, 1.54) is 0 Å². The Labute approximate surface area is 91.2 Å². The quantitative estimate of drug-likeness (QED) is 0.707. The zero-order valence-electron chi connectivity index (χ0n) is 9.20. The second kappa shape index (κ2) is 4.38. The van der Waals surface area contributed by atoms with Crippen molar-refractivity contribution in [3.63, 3.8) is 0 Å². The fraction of sp³-hybridized carbons (Fsp3) is 0.364. The average Bonchev–Trinajstić information content (AvgIpc) is 2.05. The van der Waals surface area contributed by atoms with Crippen LogP contribution in [0.25, 0.3) is 0 Å². The van der Waals surface area contributed by atoms with Crippen LogP contribution in [0.5, 0.6) is 0 Å². The van der Waals surface area contributed by atoms with Gasteiger partial charge < -0.3 is 4.74 Å². The second-order valence-electron chi connectivity index (χ2n) is 4.25. The summed E-state index contributed by atoms with van der Waals surface area (Å²) in [5.41, 5.74) is 0.834. The molecule has 0 aliphatic heterocycles. The van der Waals surface area contributed by atoms with Gasteiger partial charge in [0.25, 0.3) is 0 Å². The molecule has 0 atom stereocenters. The number of ether oxygens (including phenoxy) is 1. The standard InChI is InChI=1S/C11H14BNO2/c1-11(2,3)15-10(14)13-9-6-4-8(12)5-7-9/h4-7H,1-3H3,(H,13,14). The number of nitrogens with one attached hydrogen (secondary N) is 1. The summed E-state index contributed by atoms with van der Waals surface area (Å²) in [4.78, 5) is 11.3. The van der Waals surface area contributed by atoms with E-state index in [9.17, 15) is 4.79 Å². The Morgan fingerprint density at radius 1 is 1.27 bits per heavy atom. The first-order valence-corrected chi connectivity index (χ1v) is 4.72. The van der Waals surface area contributed by atoms with E-state index < -0.39 is 11.7 Å². The van der Waals surface area contributed by atoms with Crippen molar-refractivity contribution in [3.8, 4) is 0 Å². The Hall–Kier alpha value is -1.45. The van der Waals surface area contributed by atoms with E-state index in [4.69, 9.17) is 12.6 Å². The first-order chi connectivity index (χ1) is 6.87. The minimum atomic E-state index is -0.488. The average molecular weight is 203 g/mol. The molecule has 0 aromatic heterocycles. The monoisotopic (exact) mass is 203 g/mol. The van der Waals surface area contributed by atoms with Crippen molar-refractivity contribution in [3.05, 3.63) is 24.3 Å². The lowest BCUT2D eigenvalue weighted by Crippen LogP contribution is -2.27. The Bertz CT molecular complexity index is 341. The van der Waals surface area contributed by atoms with Crippen molar-refractivity contribution in [1.82, 2.24) is 0 Å². The van der Waals surface area contributed by atoms with E-state index in [0.29, 0.717) is 11.2 Å². The van der Waals surface area contributed by atoms with E-state index in [1.807, 2.05) is 20.8 Å². The molecule has 3 nitrogen and oxygen atoms in total. The third-order valence-corrected chi connectivity index (χ3v) is 1.56. The van der Waals surface area contributed by atoms with Gasteiger partial charge >= 0.3 is 6.09 Å². The maximum absolute atomic E-state index is 11.3. The number of rotatable bonds is 1. The van der Waals surface area contributed by atoms with Crippen LogP contribution < -0.4 is 10.8 Å². The molecule has 1 aromatic carbocycles. The van der Waals surface area contributed by atoms with Crippen molar-refractivity contribution < 1.29 is 9.53 Å². The number of hydrogen-bond donors (Lipinski definition) is 1. The lowest BCUT2D eigenvalue weighted by atomic mass is 9.96. The Kier molecular flexibility index (Phi) is 3.40. The van der Waals surface area contributed by atoms with Crippen molar-refractivity contribution in [2.75, 3.05) is 5.32 Å². The van der Waals surface area contributed by atoms with Crippen LogP contribution in [0.1, 0.15) is 20.8 Å². The van der Waals surface area contributed by atoms with Crippen LogP contribution in [0, 0.1) is 0 Å². The molecule has 1 rings (SSSR count). The number of carbonyl (C=O) groups excluding carboxylic acids is 1. The summed E-state index contributed by atoms with van der Waals surface area (Å²) in [6.45, 7) is 5.45. The summed E-state index contributed by atoms with van der Waals surface area (Å²) in [6, 6.07) is 6.87. The summed E-state index contributed by atoms with van der Waals surface area (Å²) in [5.74, 6) is 0. The molecule has 0 heterocycles. The van der Waals surface area contributed by atoms with Gasteiger partial charge in [-0.25, -0.2) is 4.79 Å². The van der Waals surface area contributed by atoms with Crippen LogP contribution in [0.15, 0.2) is 24.3 Å². The molecule has 1 N–H and O–H groups in total. The van der Waals surface area contributed by atoms with Gasteiger partial charge in [0.2, 0.25) is 0 Å². The van der Waals surface area contributed by atoms with Gasteiger partial charge in [0, 0.05) is 5.69 Å². The maximum Gasteiger partial charge on any atom is 0.412 e. The number of amides is 1. The van der Waals surface area contributed by atoms with Gasteiger partial charge in [-0.05, 0) is 32.9 Å². The molecular formula is C11H14BNO2. The van der Waals surface area contributed by atoms with Crippen molar-refractivity contribution in [2.24, 2.45) is 0 Å². The van der Waals surface area contributed by atoms with E-state index in [-0.39, 0.29) is 0 Å². The first-order valence-electron chi connectivity index (χ1n) is 4.72. The molecule has 2 radical (unpaired) electrons. The zero-order valence-corrected chi connectivity index (χ0v) is 9.20. The predicted octanol–water partition coefficient (Wildman–Crippen LogP) is 1.83. The van der Waals surface area contributed by atoms with Crippen LogP contribution in [-0.2, 0) is 4.74 Å². The normalized spacial score (nSPS) is 10.9. The molecule has 0 aliphatic carbocycles. The molecule has 0 fully saturated rings. The van der Waals surface area contributed by atoms with Crippen LogP contribution in [0.4, 0.5) is 10.5 Å². The number of anilines is 1. The van der Waals surface area contributed by atoms with E-state index >= 15 is 0 Å². The fourth-order valence-electron chi connectivity index (χ4n) is 0.988. The lowest BCUT2D eigenvalue weighted by molar-refractivity contribution is 0.0636. The largest absolute Gasteiger partial charge is 0.444 e. The molecular weight excluding hydrogens is 189 g/mol. The van der Waals surface area contributed by atoms with E-state index in [2.05, 4.69) is 5.32 Å². The fourth-order valence-corrected chi connectivity index (χ4v) is 0.988. The van der Waals surface area contributed by atoms with Crippen molar-refractivity contribution in [1.29, 1.82) is 0 Å². The van der Waals surface area contributed by atoms with Gasteiger partial charge in [-0.1, -0.05) is 17.6 Å². The highest BCUT2D eigenvalue weighted by Gasteiger charge is 2.15. The SMILES string of the molecule is [B]c1ccc(NC(=O)OC(C)(C)C)cc1. The Balaban J connectivity index is 2.55. The molecule has 0 spiro atoms. The van der Waals surface area contributed by atoms with Gasteiger partial charge in [-0.15, -0.1) is 0 Å². The summed E-state index contributed by atoms with van der Waals surface area (Å²) in [6.07, 6.45) is -0.465. The third kappa shape index (κ3) is 4.54. The Morgan fingerprint density at radius 3 is 2.27 bits per heavy atom. The minimum Gasteiger partial charge on any atom is -0.444 e. The molecule has 0 saturated heterocycles. The summed E-state index contributed by atoms with van der Waals surface area (Å²) < 4.78 is 5.09.